The summed E-state index contributed by atoms with van der Waals surface area (Å²) in [6.07, 6.45) is 0. The van der Waals surface area contributed by atoms with E-state index in [2.05, 4.69) is 26.2 Å². The molecule has 0 fully saturated rings. The highest BCUT2D eigenvalue weighted by Crippen LogP contribution is 2.32. The van der Waals surface area contributed by atoms with E-state index in [1.807, 2.05) is 19.0 Å². The van der Waals surface area contributed by atoms with Gasteiger partial charge in [0.05, 0.1) is 16.4 Å². The summed E-state index contributed by atoms with van der Waals surface area (Å²) in [4.78, 5) is 18.2. The number of amides is 1. The van der Waals surface area contributed by atoms with Crippen LogP contribution < -0.4 is 10.2 Å². The van der Waals surface area contributed by atoms with Gasteiger partial charge in [0, 0.05) is 14.1 Å². The van der Waals surface area contributed by atoms with Gasteiger partial charge in [0.2, 0.25) is 0 Å². The Bertz CT molecular complexity index is 646. The average molecular weight is 355 g/mol. The Balaban J connectivity index is 2.31. The summed E-state index contributed by atoms with van der Waals surface area (Å²) in [5, 5.41) is 3.41. The van der Waals surface area contributed by atoms with Crippen LogP contribution in [-0.2, 0) is 0 Å². The standard InChI is InChI=1S/C14H13BrClN3O/c1-19(2)13-9(16)5-3-6-10(13)18-14(20)11-7-4-8-12(15)17-11/h3-8H,1-2H3,(H,18,20). The maximum Gasteiger partial charge on any atom is 0.274 e. The molecule has 0 atom stereocenters. The Morgan fingerprint density at radius 3 is 2.60 bits per heavy atom. The Hall–Kier alpha value is -1.59. The molecule has 4 nitrogen and oxygen atoms in total. The first kappa shape index (κ1) is 14.8. The summed E-state index contributed by atoms with van der Waals surface area (Å²) < 4.78 is 0.615. The molecule has 1 N–H and O–H groups in total. The topological polar surface area (TPSA) is 45.2 Å². The maximum absolute atomic E-state index is 12.2. The number of anilines is 2. The van der Waals surface area contributed by atoms with E-state index in [-0.39, 0.29) is 5.91 Å². The molecule has 2 rings (SSSR count). The molecule has 0 aliphatic carbocycles. The van der Waals surface area contributed by atoms with Gasteiger partial charge in [-0.2, -0.15) is 0 Å². The minimum absolute atomic E-state index is 0.281. The molecule has 0 unspecified atom stereocenters. The molecule has 6 heteroatoms. The molecule has 1 aromatic carbocycles. The lowest BCUT2D eigenvalue weighted by molar-refractivity contribution is 0.102. The van der Waals surface area contributed by atoms with E-state index in [1.54, 1.807) is 36.4 Å². The van der Waals surface area contributed by atoms with Crippen LogP contribution in [0.15, 0.2) is 41.0 Å². The maximum atomic E-state index is 12.2. The number of hydrogen-bond acceptors (Lipinski definition) is 3. The molecule has 0 saturated heterocycles. The second kappa shape index (κ2) is 6.24. The number of carbonyl (C=O) groups excluding carboxylic acids is 1. The van der Waals surface area contributed by atoms with Crippen LogP contribution >= 0.6 is 27.5 Å². The predicted molar refractivity (Wildman–Crippen MR) is 85.7 cm³/mol. The molecule has 0 aliphatic rings. The Labute approximate surface area is 130 Å². The SMILES string of the molecule is CN(C)c1c(Cl)cccc1NC(=O)c1cccc(Br)n1. The predicted octanol–water partition coefficient (Wildman–Crippen LogP) is 3.82. The summed E-state index contributed by atoms with van der Waals surface area (Å²) in [6, 6.07) is 10.6. The number of aromatic nitrogens is 1. The normalized spacial score (nSPS) is 10.2. The smallest absolute Gasteiger partial charge is 0.274 e. The molecule has 0 saturated carbocycles. The Kier molecular flexibility index (Phi) is 4.62. The molecule has 0 spiro atoms. The average Bonchev–Trinajstić information content (AvgIpc) is 2.38. The van der Waals surface area contributed by atoms with E-state index >= 15 is 0 Å². The van der Waals surface area contributed by atoms with E-state index in [9.17, 15) is 4.79 Å². The van der Waals surface area contributed by atoms with Gasteiger partial charge in [-0.1, -0.05) is 23.7 Å². The zero-order chi connectivity index (χ0) is 14.7. The minimum Gasteiger partial charge on any atom is -0.375 e. The van der Waals surface area contributed by atoms with Gasteiger partial charge in [-0.25, -0.2) is 4.98 Å². The van der Waals surface area contributed by atoms with Gasteiger partial charge in [-0.3, -0.25) is 4.79 Å². The van der Waals surface area contributed by atoms with Crippen molar-refractivity contribution in [1.82, 2.24) is 4.98 Å². The van der Waals surface area contributed by atoms with Gasteiger partial charge in [-0.15, -0.1) is 0 Å². The largest absolute Gasteiger partial charge is 0.375 e. The highest BCUT2D eigenvalue weighted by Gasteiger charge is 2.13. The minimum atomic E-state index is -0.281. The molecule has 104 valence electrons. The third-order valence-corrected chi connectivity index (χ3v) is 3.38. The van der Waals surface area contributed by atoms with E-state index in [0.717, 1.165) is 5.69 Å². The zero-order valence-electron chi connectivity index (χ0n) is 11.0. The zero-order valence-corrected chi connectivity index (χ0v) is 13.4. The second-order valence-electron chi connectivity index (χ2n) is 4.33. The molecule has 1 heterocycles. The lowest BCUT2D eigenvalue weighted by Crippen LogP contribution is -2.18. The number of hydrogen-bond donors (Lipinski definition) is 1. The molecule has 0 aliphatic heterocycles. The van der Waals surface area contributed by atoms with Crippen LogP contribution in [0.2, 0.25) is 5.02 Å². The summed E-state index contributed by atoms with van der Waals surface area (Å²) in [5.41, 5.74) is 1.75. The van der Waals surface area contributed by atoms with Gasteiger partial charge in [-0.05, 0) is 40.2 Å². The number of halogens is 2. The van der Waals surface area contributed by atoms with Crippen LogP contribution in [0.25, 0.3) is 0 Å². The lowest BCUT2D eigenvalue weighted by atomic mass is 10.2. The Morgan fingerprint density at radius 1 is 1.25 bits per heavy atom. The molecule has 1 aromatic heterocycles. The summed E-state index contributed by atoms with van der Waals surface area (Å²) in [6.45, 7) is 0. The van der Waals surface area contributed by atoms with Crippen LogP contribution in [0.4, 0.5) is 11.4 Å². The molecular formula is C14H13BrClN3O. The first-order chi connectivity index (χ1) is 9.49. The van der Waals surface area contributed by atoms with Crippen LogP contribution in [0.1, 0.15) is 10.5 Å². The van der Waals surface area contributed by atoms with Crippen molar-refractivity contribution in [3.63, 3.8) is 0 Å². The fraction of sp³-hybridized carbons (Fsp3) is 0.143. The van der Waals surface area contributed by atoms with Crippen molar-refractivity contribution in [1.29, 1.82) is 0 Å². The fourth-order valence-electron chi connectivity index (χ4n) is 1.79. The van der Waals surface area contributed by atoms with Gasteiger partial charge < -0.3 is 10.2 Å². The number of benzene rings is 1. The van der Waals surface area contributed by atoms with Gasteiger partial charge in [0.25, 0.3) is 5.91 Å². The third-order valence-electron chi connectivity index (χ3n) is 2.63. The third kappa shape index (κ3) is 3.29. The first-order valence-corrected chi connectivity index (χ1v) is 7.06. The van der Waals surface area contributed by atoms with Crippen molar-refractivity contribution < 1.29 is 4.79 Å². The summed E-state index contributed by atoms with van der Waals surface area (Å²) in [7, 11) is 3.74. The fourth-order valence-corrected chi connectivity index (χ4v) is 2.48. The van der Waals surface area contributed by atoms with Crippen molar-refractivity contribution in [2.24, 2.45) is 0 Å². The number of carbonyl (C=O) groups is 1. The van der Waals surface area contributed by atoms with Crippen LogP contribution in [0.3, 0.4) is 0 Å². The van der Waals surface area contributed by atoms with Crippen molar-refractivity contribution in [3.8, 4) is 0 Å². The van der Waals surface area contributed by atoms with Gasteiger partial charge in [0.1, 0.15) is 10.3 Å². The Morgan fingerprint density at radius 2 is 1.95 bits per heavy atom. The second-order valence-corrected chi connectivity index (χ2v) is 5.55. The van der Waals surface area contributed by atoms with Crippen molar-refractivity contribution >= 4 is 44.8 Å². The summed E-state index contributed by atoms with van der Waals surface area (Å²) >= 11 is 9.41. The molecule has 2 aromatic rings. The highest BCUT2D eigenvalue weighted by atomic mass is 79.9. The molecule has 0 radical (unpaired) electrons. The number of para-hydroxylation sites is 1. The number of pyridine rings is 1. The van der Waals surface area contributed by atoms with Crippen LogP contribution in [-0.4, -0.2) is 25.0 Å². The van der Waals surface area contributed by atoms with Gasteiger partial charge in [0.15, 0.2) is 0 Å². The monoisotopic (exact) mass is 353 g/mol. The van der Waals surface area contributed by atoms with Crippen molar-refractivity contribution in [3.05, 3.63) is 51.7 Å². The van der Waals surface area contributed by atoms with E-state index < -0.39 is 0 Å². The molecule has 20 heavy (non-hydrogen) atoms. The lowest BCUT2D eigenvalue weighted by Gasteiger charge is -2.19. The molecule has 0 bridgehead atoms. The molecule has 1 amide bonds. The van der Waals surface area contributed by atoms with Crippen molar-refractivity contribution in [2.45, 2.75) is 0 Å². The van der Waals surface area contributed by atoms with E-state index in [4.69, 9.17) is 11.6 Å². The number of nitrogens with zero attached hydrogens (tertiary/aromatic N) is 2. The highest BCUT2D eigenvalue weighted by molar-refractivity contribution is 9.10. The van der Waals surface area contributed by atoms with Crippen molar-refractivity contribution in [2.75, 3.05) is 24.3 Å². The molecular weight excluding hydrogens is 342 g/mol. The van der Waals surface area contributed by atoms with E-state index in [1.165, 1.54) is 0 Å². The first-order valence-electron chi connectivity index (χ1n) is 5.89. The summed E-state index contributed by atoms with van der Waals surface area (Å²) in [5.74, 6) is -0.281. The number of nitrogens with one attached hydrogen (secondary N) is 1. The van der Waals surface area contributed by atoms with Crippen LogP contribution in [0.5, 0.6) is 0 Å². The van der Waals surface area contributed by atoms with Gasteiger partial charge >= 0.3 is 0 Å². The van der Waals surface area contributed by atoms with E-state index in [0.29, 0.717) is 21.0 Å². The van der Waals surface area contributed by atoms with Crippen LogP contribution in [0, 0.1) is 0 Å². The number of rotatable bonds is 3. The quantitative estimate of drug-likeness (QED) is 0.852.